The van der Waals surface area contributed by atoms with Gasteiger partial charge < -0.3 is 19.9 Å². The average Bonchev–Trinajstić information content (AvgIpc) is 2.42. The lowest BCUT2D eigenvalue weighted by atomic mass is 10.2. The third-order valence-corrected chi connectivity index (χ3v) is 3.28. The van der Waals surface area contributed by atoms with Gasteiger partial charge in [-0.25, -0.2) is 4.39 Å². The number of fused-ring (bicyclic) bond motifs is 1. The van der Waals surface area contributed by atoms with Crippen LogP contribution in [0.25, 0.3) is 0 Å². The van der Waals surface area contributed by atoms with E-state index < -0.39 is 5.82 Å². The summed E-state index contributed by atoms with van der Waals surface area (Å²) in [5.74, 6) is 1.05. The zero-order valence-corrected chi connectivity index (χ0v) is 11.9. The molecule has 0 atom stereocenters. The van der Waals surface area contributed by atoms with Crippen LogP contribution in [0.2, 0.25) is 0 Å². The van der Waals surface area contributed by atoms with Gasteiger partial charge in [0.15, 0.2) is 28.8 Å². The molecule has 0 aromatic heterocycles. The van der Waals surface area contributed by atoms with Crippen LogP contribution in [0.15, 0.2) is 34.8 Å². The third kappa shape index (κ3) is 2.51. The van der Waals surface area contributed by atoms with Crippen LogP contribution < -0.4 is 19.9 Å². The molecule has 1 heterocycles. The first-order chi connectivity index (χ1) is 9.63. The summed E-state index contributed by atoms with van der Waals surface area (Å²) in [5, 5.41) is 0. The number of nitrogen functional groups attached to an aromatic ring is 1. The van der Waals surface area contributed by atoms with Gasteiger partial charge in [0, 0.05) is 16.6 Å². The molecular formula is C14H11BrFNO3. The SMILES string of the molecule is Nc1cc2c(cc1Oc1ccc(Br)cc1F)OCCO2. The second kappa shape index (κ2) is 5.20. The van der Waals surface area contributed by atoms with Gasteiger partial charge in [0.25, 0.3) is 0 Å². The Kier molecular flexibility index (Phi) is 3.40. The smallest absolute Gasteiger partial charge is 0.166 e. The normalized spacial score (nSPS) is 13.1. The molecule has 6 heteroatoms. The van der Waals surface area contributed by atoms with Crippen LogP contribution in [0.3, 0.4) is 0 Å². The maximum atomic E-state index is 13.8. The number of rotatable bonds is 2. The van der Waals surface area contributed by atoms with Crippen molar-refractivity contribution in [2.75, 3.05) is 18.9 Å². The Bertz CT molecular complexity index is 663. The number of benzene rings is 2. The van der Waals surface area contributed by atoms with Crippen molar-refractivity contribution in [1.29, 1.82) is 0 Å². The second-order valence-electron chi connectivity index (χ2n) is 4.21. The number of ether oxygens (including phenoxy) is 3. The van der Waals surface area contributed by atoms with Gasteiger partial charge in [0.1, 0.15) is 13.2 Å². The van der Waals surface area contributed by atoms with Gasteiger partial charge in [0.05, 0.1) is 5.69 Å². The fraction of sp³-hybridized carbons (Fsp3) is 0.143. The molecule has 0 saturated heterocycles. The minimum Gasteiger partial charge on any atom is -0.486 e. The van der Waals surface area contributed by atoms with E-state index >= 15 is 0 Å². The Hall–Kier alpha value is -1.95. The van der Waals surface area contributed by atoms with Crippen LogP contribution in [-0.2, 0) is 0 Å². The Morgan fingerprint density at radius 2 is 1.75 bits per heavy atom. The van der Waals surface area contributed by atoms with Gasteiger partial charge in [0.2, 0.25) is 0 Å². The molecule has 0 amide bonds. The largest absolute Gasteiger partial charge is 0.486 e. The fourth-order valence-corrected chi connectivity index (χ4v) is 2.18. The molecule has 2 N–H and O–H groups in total. The maximum Gasteiger partial charge on any atom is 0.166 e. The van der Waals surface area contributed by atoms with E-state index in [4.69, 9.17) is 19.9 Å². The molecule has 0 fully saturated rings. The number of nitrogens with two attached hydrogens (primary N) is 1. The Morgan fingerprint density at radius 1 is 1.05 bits per heavy atom. The Morgan fingerprint density at radius 3 is 2.45 bits per heavy atom. The minimum atomic E-state index is -0.478. The predicted molar refractivity (Wildman–Crippen MR) is 76.0 cm³/mol. The van der Waals surface area contributed by atoms with E-state index in [-0.39, 0.29) is 5.75 Å². The highest BCUT2D eigenvalue weighted by atomic mass is 79.9. The quantitative estimate of drug-likeness (QED) is 0.847. The van der Waals surface area contributed by atoms with E-state index in [2.05, 4.69) is 15.9 Å². The van der Waals surface area contributed by atoms with Crippen molar-refractivity contribution in [3.8, 4) is 23.0 Å². The molecule has 0 spiro atoms. The van der Waals surface area contributed by atoms with Crippen molar-refractivity contribution in [2.45, 2.75) is 0 Å². The van der Waals surface area contributed by atoms with Crippen molar-refractivity contribution in [2.24, 2.45) is 0 Å². The standard InChI is InChI=1S/C14H11BrFNO3/c15-8-1-2-11(9(16)5-8)20-12-7-14-13(6-10(12)17)18-3-4-19-14/h1-2,5-7H,3-4,17H2. The predicted octanol–water partition coefficient (Wildman–Crippen LogP) is 3.73. The van der Waals surface area contributed by atoms with Crippen LogP contribution >= 0.6 is 15.9 Å². The summed E-state index contributed by atoms with van der Waals surface area (Å²) in [6.45, 7) is 0.941. The molecular weight excluding hydrogens is 329 g/mol. The number of hydrogen-bond donors (Lipinski definition) is 1. The van der Waals surface area contributed by atoms with Crippen molar-refractivity contribution in [3.63, 3.8) is 0 Å². The van der Waals surface area contributed by atoms with Gasteiger partial charge in [-0.05, 0) is 18.2 Å². The molecule has 104 valence electrons. The Balaban J connectivity index is 1.94. The molecule has 1 aliphatic rings. The van der Waals surface area contributed by atoms with Crippen molar-refractivity contribution in [1.82, 2.24) is 0 Å². The van der Waals surface area contributed by atoms with Gasteiger partial charge in [-0.15, -0.1) is 0 Å². The molecule has 20 heavy (non-hydrogen) atoms. The lowest BCUT2D eigenvalue weighted by molar-refractivity contribution is 0.171. The van der Waals surface area contributed by atoms with Gasteiger partial charge in [-0.1, -0.05) is 15.9 Å². The third-order valence-electron chi connectivity index (χ3n) is 2.79. The highest BCUT2D eigenvalue weighted by molar-refractivity contribution is 9.10. The number of halogens is 2. The minimum absolute atomic E-state index is 0.0941. The highest BCUT2D eigenvalue weighted by Crippen LogP contribution is 2.40. The molecule has 0 unspecified atom stereocenters. The second-order valence-corrected chi connectivity index (χ2v) is 5.13. The first kappa shape index (κ1) is 13.1. The summed E-state index contributed by atoms with van der Waals surface area (Å²) >= 11 is 3.19. The summed E-state index contributed by atoms with van der Waals surface area (Å²) in [4.78, 5) is 0. The molecule has 4 nitrogen and oxygen atoms in total. The first-order valence-electron chi connectivity index (χ1n) is 5.95. The molecule has 1 aliphatic heterocycles. The van der Waals surface area contributed by atoms with E-state index in [1.807, 2.05) is 0 Å². The lowest BCUT2D eigenvalue weighted by Gasteiger charge is -2.20. The van der Waals surface area contributed by atoms with Crippen LogP contribution in [0, 0.1) is 5.82 Å². The van der Waals surface area contributed by atoms with Crippen molar-refractivity contribution < 1.29 is 18.6 Å². The number of hydrogen-bond acceptors (Lipinski definition) is 4. The summed E-state index contributed by atoms with van der Waals surface area (Å²) in [6.07, 6.45) is 0. The van der Waals surface area contributed by atoms with E-state index in [9.17, 15) is 4.39 Å². The summed E-state index contributed by atoms with van der Waals surface area (Å²) < 4.78 is 30.7. The van der Waals surface area contributed by atoms with Crippen molar-refractivity contribution >= 4 is 21.6 Å². The number of anilines is 1. The molecule has 0 radical (unpaired) electrons. The summed E-state index contributed by atoms with van der Waals surface area (Å²) in [6, 6.07) is 7.75. The van der Waals surface area contributed by atoms with Gasteiger partial charge in [-0.2, -0.15) is 0 Å². The monoisotopic (exact) mass is 339 g/mol. The topological polar surface area (TPSA) is 53.7 Å². The van der Waals surface area contributed by atoms with Crippen molar-refractivity contribution in [3.05, 3.63) is 40.6 Å². The molecule has 2 aromatic rings. The molecule has 0 aliphatic carbocycles. The average molecular weight is 340 g/mol. The van der Waals surface area contributed by atoms with Gasteiger partial charge >= 0.3 is 0 Å². The van der Waals surface area contributed by atoms with E-state index in [0.717, 1.165) is 0 Å². The van der Waals surface area contributed by atoms with Crippen LogP contribution in [0.4, 0.5) is 10.1 Å². The summed E-state index contributed by atoms with van der Waals surface area (Å²) in [7, 11) is 0. The molecule has 3 rings (SSSR count). The lowest BCUT2D eigenvalue weighted by Crippen LogP contribution is -2.15. The first-order valence-corrected chi connectivity index (χ1v) is 6.75. The molecule has 0 bridgehead atoms. The zero-order valence-electron chi connectivity index (χ0n) is 10.4. The molecule has 0 saturated carbocycles. The van der Waals surface area contributed by atoms with E-state index in [1.165, 1.54) is 12.1 Å². The summed E-state index contributed by atoms with van der Waals surface area (Å²) in [5.41, 5.74) is 6.24. The highest BCUT2D eigenvalue weighted by Gasteiger charge is 2.16. The van der Waals surface area contributed by atoms with E-state index in [1.54, 1.807) is 18.2 Å². The van der Waals surface area contributed by atoms with E-state index in [0.29, 0.717) is 40.6 Å². The Labute approximate surface area is 123 Å². The zero-order chi connectivity index (χ0) is 14.1. The van der Waals surface area contributed by atoms with Gasteiger partial charge in [-0.3, -0.25) is 0 Å². The fourth-order valence-electron chi connectivity index (χ4n) is 1.85. The van der Waals surface area contributed by atoms with Crippen LogP contribution in [-0.4, -0.2) is 13.2 Å². The van der Waals surface area contributed by atoms with Crippen LogP contribution in [0.1, 0.15) is 0 Å². The maximum absolute atomic E-state index is 13.8. The molecule has 2 aromatic carbocycles. The van der Waals surface area contributed by atoms with Crippen LogP contribution in [0.5, 0.6) is 23.0 Å².